The largest absolute Gasteiger partial charge is 0.399 e. The molecular formula is C13H12ClN3O. The number of benzene rings is 1. The Morgan fingerprint density at radius 2 is 2.11 bits per heavy atom. The number of anilines is 2. The summed E-state index contributed by atoms with van der Waals surface area (Å²) in [7, 11) is 0. The Bertz CT molecular complexity index is 599. The number of nitrogen functional groups attached to an aromatic ring is 1. The van der Waals surface area contributed by atoms with Gasteiger partial charge in [0.05, 0.1) is 22.5 Å². The fraction of sp³-hybridized carbons (Fsp3) is 0.0769. The minimum Gasteiger partial charge on any atom is -0.399 e. The number of amides is 1. The lowest BCUT2D eigenvalue weighted by Crippen LogP contribution is -2.12. The van der Waals surface area contributed by atoms with Crippen LogP contribution in [0.4, 0.5) is 11.4 Å². The lowest BCUT2D eigenvalue weighted by molar-refractivity contribution is 0.102. The molecule has 0 aliphatic carbocycles. The zero-order valence-corrected chi connectivity index (χ0v) is 10.5. The monoisotopic (exact) mass is 261 g/mol. The third kappa shape index (κ3) is 2.78. The molecule has 0 fully saturated rings. The first-order valence-electron chi connectivity index (χ1n) is 5.34. The first-order valence-corrected chi connectivity index (χ1v) is 5.72. The second-order valence-corrected chi connectivity index (χ2v) is 4.35. The van der Waals surface area contributed by atoms with Gasteiger partial charge in [0.2, 0.25) is 0 Å². The van der Waals surface area contributed by atoms with Crippen LogP contribution in [-0.2, 0) is 0 Å². The predicted octanol–water partition coefficient (Wildman–Crippen LogP) is 2.88. The van der Waals surface area contributed by atoms with Gasteiger partial charge in [-0.05, 0) is 36.8 Å². The Balaban J connectivity index is 2.22. The average Bonchev–Trinajstić information content (AvgIpc) is 2.28. The highest BCUT2D eigenvalue weighted by molar-refractivity contribution is 6.34. The van der Waals surface area contributed by atoms with Crippen molar-refractivity contribution in [1.82, 2.24) is 4.98 Å². The topological polar surface area (TPSA) is 68.0 Å². The number of carbonyl (C=O) groups is 1. The van der Waals surface area contributed by atoms with Crippen LogP contribution in [0.2, 0.25) is 5.02 Å². The fourth-order valence-electron chi connectivity index (χ4n) is 1.54. The van der Waals surface area contributed by atoms with E-state index in [2.05, 4.69) is 10.3 Å². The molecule has 0 unspecified atom stereocenters. The molecule has 0 radical (unpaired) electrons. The molecule has 5 heteroatoms. The van der Waals surface area contributed by atoms with Crippen molar-refractivity contribution in [3.63, 3.8) is 0 Å². The Hall–Kier alpha value is -2.07. The maximum absolute atomic E-state index is 12.0. The molecule has 18 heavy (non-hydrogen) atoms. The van der Waals surface area contributed by atoms with E-state index in [0.717, 1.165) is 5.56 Å². The summed E-state index contributed by atoms with van der Waals surface area (Å²) in [6.07, 6.45) is 3.29. The summed E-state index contributed by atoms with van der Waals surface area (Å²) in [5.74, 6) is -0.285. The molecule has 4 nitrogen and oxygen atoms in total. The van der Waals surface area contributed by atoms with Crippen LogP contribution >= 0.6 is 11.6 Å². The van der Waals surface area contributed by atoms with E-state index in [9.17, 15) is 4.79 Å². The van der Waals surface area contributed by atoms with E-state index < -0.39 is 0 Å². The summed E-state index contributed by atoms with van der Waals surface area (Å²) >= 11 is 5.97. The maximum Gasteiger partial charge on any atom is 0.257 e. The van der Waals surface area contributed by atoms with E-state index >= 15 is 0 Å². The molecule has 0 saturated heterocycles. The minimum absolute atomic E-state index is 0.285. The molecule has 1 heterocycles. The highest BCUT2D eigenvalue weighted by atomic mass is 35.5. The van der Waals surface area contributed by atoms with Crippen LogP contribution in [0.5, 0.6) is 0 Å². The van der Waals surface area contributed by atoms with Gasteiger partial charge in [0.1, 0.15) is 0 Å². The Morgan fingerprint density at radius 3 is 2.78 bits per heavy atom. The van der Waals surface area contributed by atoms with Crippen LogP contribution < -0.4 is 11.1 Å². The number of hydrogen-bond donors (Lipinski definition) is 2. The van der Waals surface area contributed by atoms with Gasteiger partial charge in [0.25, 0.3) is 5.91 Å². The molecule has 3 N–H and O–H groups in total. The Labute approximate surface area is 110 Å². The van der Waals surface area contributed by atoms with Crippen molar-refractivity contribution in [2.45, 2.75) is 6.92 Å². The molecule has 2 aromatic rings. The van der Waals surface area contributed by atoms with Crippen molar-refractivity contribution in [2.75, 3.05) is 11.1 Å². The third-order valence-electron chi connectivity index (χ3n) is 2.37. The smallest absolute Gasteiger partial charge is 0.257 e. The van der Waals surface area contributed by atoms with Crippen molar-refractivity contribution in [2.24, 2.45) is 0 Å². The van der Waals surface area contributed by atoms with Crippen LogP contribution in [0.1, 0.15) is 15.9 Å². The van der Waals surface area contributed by atoms with Crippen molar-refractivity contribution in [3.8, 4) is 0 Å². The third-order valence-corrected chi connectivity index (χ3v) is 2.68. The number of nitrogens with one attached hydrogen (secondary N) is 1. The molecule has 0 aliphatic heterocycles. The molecule has 1 aromatic carbocycles. The molecule has 0 spiro atoms. The van der Waals surface area contributed by atoms with Crippen LogP contribution in [0.3, 0.4) is 0 Å². The summed E-state index contributed by atoms with van der Waals surface area (Å²) in [6, 6.07) is 6.60. The first-order chi connectivity index (χ1) is 8.56. The van der Waals surface area contributed by atoms with Gasteiger partial charge in [-0.3, -0.25) is 9.78 Å². The fourth-order valence-corrected chi connectivity index (χ4v) is 1.81. The minimum atomic E-state index is -0.285. The van der Waals surface area contributed by atoms with Crippen molar-refractivity contribution < 1.29 is 4.79 Å². The van der Waals surface area contributed by atoms with Crippen LogP contribution in [-0.4, -0.2) is 10.9 Å². The van der Waals surface area contributed by atoms with Gasteiger partial charge in [0.15, 0.2) is 0 Å². The molecule has 0 aliphatic rings. The molecule has 0 atom stereocenters. The van der Waals surface area contributed by atoms with Crippen molar-refractivity contribution in [3.05, 3.63) is 52.8 Å². The van der Waals surface area contributed by atoms with Crippen molar-refractivity contribution >= 4 is 28.9 Å². The summed E-state index contributed by atoms with van der Waals surface area (Å²) in [4.78, 5) is 16.0. The number of aromatic nitrogens is 1. The molecule has 0 bridgehead atoms. The van der Waals surface area contributed by atoms with Gasteiger partial charge in [-0.2, -0.15) is 0 Å². The number of carbonyl (C=O) groups excluding carboxylic acids is 1. The lowest BCUT2D eigenvalue weighted by atomic mass is 10.2. The number of aryl methyl sites for hydroxylation is 1. The second kappa shape index (κ2) is 5.06. The van der Waals surface area contributed by atoms with Crippen LogP contribution in [0.25, 0.3) is 0 Å². The quantitative estimate of drug-likeness (QED) is 0.817. The number of pyridine rings is 1. The summed E-state index contributed by atoms with van der Waals surface area (Å²) in [5.41, 5.74) is 8.08. The van der Waals surface area contributed by atoms with E-state index in [0.29, 0.717) is 22.0 Å². The maximum atomic E-state index is 12.0. The summed E-state index contributed by atoms with van der Waals surface area (Å²) in [6.45, 7) is 1.90. The molecular weight excluding hydrogens is 250 g/mol. The molecule has 1 aromatic heterocycles. The summed E-state index contributed by atoms with van der Waals surface area (Å²) in [5, 5.41) is 3.06. The summed E-state index contributed by atoms with van der Waals surface area (Å²) < 4.78 is 0. The SMILES string of the molecule is Cc1cncc(NC(=O)c2ccc(N)cc2Cl)c1. The lowest BCUT2D eigenvalue weighted by Gasteiger charge is -2.07. The normalized spacial score (nSPS) is 10.1. The zero-order valence-electron chi connectivity index (χ0n) is 9.77. The number of nitrogens with zero attached hydrogens (tertiary/aromatic N) is 1. The Morgan fingerprint density at radius 1 is 1.33 bits per heavy atom. The van der Waals surface area contributed by atoms with Crippen LogP contribution in [0, 0.1) is 6.92 Å². The van der Waals surface area contributed by atoms with E-state index in [4.69, 9.17) is 17.3 Å². The number of nitrogens with two attached hydrogens (primary N) is 1. The number of hydrogen-bond acceptors (Lipinski definition) is 3. The van der Waals surface area contributed by atoms with E-state index in [1.54, 1.807) is 30.6 Å². The molecule has 1 amide bonds. The highest BCUT2D eigenvalue weighted by Crippen LogP contribution is 2.20. The standard InChI is InChI=1S/C13H12ClN3O/c1-8-4-10(7-16-6-8)17-13(18)11-3-2-9(15)5-12(11)14/h2-7H,15H2,1H3,(H,17,18). The predicted molar refractivity (Wildman–Crippen MR) is 72.8 cm³/mol. The van der Waals surface area contributed by atoms with E-state index in [1.807, 2.05) is 13.0 Å². The van der Waals surface area contributed by atoms with Gasteiger partial charge in [0, 0.05) is 11.9 Å². The van der Waals surface area contributed by atoms with Crippen LogP contribution in [0.15, 0.2) is 36.7 Å². The second-order valence-electron chi connectivity index (χ2n) is 3.94. The van der Waals surface area contributed by atoms with E-state index in [1.165, 1.54) is 0 Å². The van der Waals surface area contributed by atoms with Gasteiger partial charge in [-0.25, -0.2) is 0 Å². The van der Waals surface area contributed by atoms with Gasteiger partial charge < -0.3 is 11.1 Å². The van der Waals surface area contributed by atoms with Gasteiger partial charge in [-0.15, -0.1) is 0 Å². The number of halogens is 1. The van der Waals surface area contributed by atoms with Gasteiger partial charge in [-0.1, -0.05) is 11.6 Å². The Kier molecular flexibility index (Phi) is 3.48. The van der Waals surface area contributed by atoms with Crippen molar-refractivity contribution in [1.29, 1.82) is 0 Å². The zero-order chi connectivity index (χ0) is 13.1. The van der Waals surface area contributed by atoms with Gasteiger partial charge >= 0.3 is 0 Å². The first kappa shape index (κ1) is 12.4. The molecule has 0 saturated carbocycles. The molecule has 2 rings (SSSR count). The van der Waals surface area contributed by atoms with E-state index in [-0.39, 0.29) is 5.91 Å². The number of rotatable bonds is 2. The highest BCUT2D eigenvalue weighted by Gasteiger charge is 2.10. The average molecular weight is 262 g/mol. The molecule has 92 valence electrons.